The van der Waals surface area contributed by atoms with Gasteiger partial charge in [-0.3, -0.25) is 9.78 Å². The molecule has 0 N–H and O–H groups in total. The highest BCUT2D eigenvalue weighted by Gasteiger charge is 2.64. The minimum Gasteiger partial charge on any atom is -0.370 e. The van der Waals surface area contributed by atoms with Crippen LogP contribution in [-0.4, -0.2) is 64.0 Å². The van der Waals surface area contributed by atoms with Crippen LogP contribution in [0.1, 0.15) is 17.8 Å². The average molecular weight is 429 g/mol. The van der Waals surface area contributed by atoms with Crippen molar-refractivity contribution in [3.8, 4) is 10.6 Å². The summed E-state index contributed by atoms with van der Waals surface area (Å²) in [4.78, 5) is 19.4. The molecule has 0 bridgehead atoms. The first-order valence-corrected chi connectivity index (χ1v) is 10.0. The van der Waals surface area contributed by atoms with Crippen LogP contribution in [0, 0.1) is 12.8 Å². The SMILES string of the molecule is Cc1nnc(-c2ccncc2N2CCC(C(=O)N3CC(F)(F)C(F)(F)C3)CC2)s1. The number of carbonyl (C=O) groups excluding carboxylic acids is 1. The van der Waals surface area contributed by atoms with Gasteiger partial charge >= 0.3 is 11.8 Å². The molecule has 4 heterocycles. The quantitative estimate of drug-likeness (QED) is 0.701. The molecule has 0 radical (unpaired) electrons. The van der Waals surface area contributed by atoms with Gasteiger partial charge in [-0.15, -0.1) is 10.2 Å². The van der Waals surface area contributed by atoms with E-state index >= 15 is 0 Å². The molecular formula is C18H19F4N5OS. The minimum atomic E-state index is -4.17. The molecule has 6 nitrogen and oxygen atoms in total. The van der Waals surface area contributed by atoms with Crippen molar-refractivity contribution in [2.75, 3.05) is 31.1 Å². The van der Waals surface area contributed by atoms with E-state index in [0.717, 1.165) is 21.3 Å². The summed E-state index contributed by atoms with van der Waals surface area (Å²) < 4.78 is 53.7. The Morgan fingerprint density at radius 3 is 2.38 bits per heavy atom. The van der Waals surface area contributed by atoms with E-state index < -0.39 is 36.8 Å². The molecule has 2 aromatic heterocycles. The van der Waals surface area contributed by atoms with E-state index in [1.807, 2.05) is 13.0 Å². The average Bonchev–Trinajstić information content (AvgIpc) is 3.21. The van der Waals surface area contributed by atoms with Crippen LogP contribution in [0.25, 0.3) is 10.6 Å². The van der Waals surface area contributed by atoms with Gasteiger partial charge in [0, 0.05) is 30.8 Å². The van der Waals surface area contributed by atoms with Gasteiger partial charge in [-0.1, -0.05) is 11.3 Å². The summed E-state index contributed by atoms with van der Waals surface area (Å²) in [5.74, 6) is -9.51. The molecular weight excluding hydrogens is 410 g/mol. The Hall–Kier alpha value is -2.30. The van der Waals surface area contributed by atoms with Crippen LogP contribution in [0.15, 0.2) is 18.5 Å². The number of likely N-dealkylation sites (tertiary alicyclic amines) is 1. The van der Waals surface area contributed by atoms with Crippen molar-refractivity contribution < 1.29 is 22.4 Å². The smallest absolute Gasteiger partial charge is 0.329 e. The van der Waals surface area contributed by atoms with Gasteiger partial charge in [0.25, 0.3) is 0 Å². The lowest BCUT2D eigenvalue weighted by Gasteiger charge is -2.35. The van der Waals surface area contributed by atoms with Gasteiger partial charge in [-0.2, -0.15) is 17.6 Å². The number of nitrogens with zero attached hydrogens (tertiary/aromatic N) is 5. The Bertz CT molecular complexity index is 897. The molecule has 0 atom stereocenters. The van der Waals surface area contributed by atoms with Crippen molar-refractivity contribution in [3.63, 3.8) is 0 Å². The van der Waals surface area contributed by atoms with Crippen LogP contribution in [0.3, 0.4) is 0 Å². The van der Waals surface area contributed by atoms with Gasteiger partial charge in [-0.05, 0) is 25.8 Å². The van der Waals surface area contributed by atoms with Crippen LogP contribution in [0.5, 0.6) is 0 Å². The Labute approximate surface area is 168 Å². The molecule has 2 aliphatic heterocycles. The minimum absolute atomic E-state index is 0.399. The highest BCUT2D eigenvalue weighted by molar-refractivity contribution is 7.14. The number of piperidine rings is 1. The van der Waals surface area contributed by atoms with E-state index in [0.29, 0.717) is 30.8 Å². The lowest BCUT2D eigenvalue weighted by Crippen LogP contribution is -2.42. The van der Waals surface area contributed by atoms with Gasteiger partial charge in [0.2, 0.25) is 5.91 Å². The standard InChI is InChI=1S/C18H19F4N5OS/c1-11-24-25-15(29-11)13-2-5-23-8-14(13)26-6-3-12(4-7-26)16(28)27-9-17(19,20)18(21,22)10-27/h2,5,8,12H,3-4,6-7,9-10H2,1H3. The molecule has 156 valence electrons. The summed E-state index contributed by atoms with van der Waals surface area (Å²) in [5, 5.41) is 9.82. The summed E-state index contributed by atoms with van der Waals surface area (Å²) in [6, 6.07) is 1.85. The molecule has 2 aliphatic rings. The van der Waals surface area contributed by atoms with Crippen molar-refractivity contribution in [1.29, 1.82) is 0 Å². The van der Waals surface area contributed by atoms with E-state index in [2.05, 4.69) is 20.1 Å². The number of hydrogen-bond donors (Lipinski definition) is 0. The maximum Gasteiger partial charge on any atom is 0.329 e. The van der Waals surface area contributed by atoms with Crippen molar-refractivity contribution in [2.24, 2.45) is 5.92 Å². The Morgan fingerprint density at radius 2 is 1.79 bits per heavy atom. The van der Waals surface area contributed by atoms with E-state index in [4.69, 9.17) is 0 Å². The maximum atomic E-state index is 13.4. The number of anilines is 1. The van der Waals surface area contributed by atoms with Gasteiger partial charge in [0.05, 0.1) is 25.0 Å². The fraction of sp³-hybridized carbons (Fsp3) is 0.556. The monoisotopic (exact) mass is 429 g/mol. The van der Waals surface area contributed by atoms with E-state index in [1.54, 1.807) is 12.4 Å². The maximum absolute atomic E-state index is 13.4. The molecule has 2 saturated heterocycles. The molecule has 0 saturated carbocycles. The first kappa shape index (κ1) is 20.0. The molecule has 1 amide bonds. The van der Waals surface area contributed by atoms with Crippen molar-refractivity contribution in [3.05, 3.63) is 23.5 Å². The summed E-state index contributed by atoms with van der Waals surface area (Å²) in [6.45, 7) is 0.413. The molecule has 0 aliphatic carbocycles. The molecule has 0 spiro atoms. The van der Waals surface area contributed by atoms with Gasteiger partial charge in [0.1, 0.15) is 10.0 Å². The van der Waals surface area contributed by atoms with Crippen molar-refractivity contribution in [1.82, 2.24) is 20.1 Å². The number of amides is 1. The second-order valence-electron chi connectivity index (χ2n) is 7.38. The third kappa shape index (κ3) is 3.67. The third-order valence-corrected chi connectivity index (χ3v) is 6.24. The zero-order chi connectivity index (χ0) is 20.8. The van der Waals surface area contributed by atoms with Crippen molar-refractivity contribution in [2.45, 2.75) is 31.6 Å². The number of rotatable bonds is 3. The molecule has 0 aromatic carbocycles. The summed E-state index contributed by atoms with van der Waals surface area (Å²) in [6.07, 6.45) is 4.18. The summed E-state index contributed by atoms with van der Waals surface area (Å²) in [5.41, 5.74) is 1.74. The normalized spacial score (nSPS) is 21.6. The predicted molar refractivity (Wildman–Crippen MR) is 99.3 cm³/mol. The zero-order valence-corrected chi connectivity index (χ0v) is 16.4. The van der Waals surface area contributed by atoms with Crippen LogP contribution >= 0.6 is 11.3 Å². The second-order valence-corrected chi connectivity index (χ2v) is 8.57. The number of halogens is 4. The summed E-state index contributed by atoms with van der Waals surface area (Å²) >= 11 is 1.46. The van der Waals surface area contributed by atoms with Crippen LogP contribution in [0.2, 0.25) is 0 Å². The molecule has 29 heavy (non-hydrogen) atoms. The van der Waals surface area contributed by atoms with Crippen LogP contribution in [0.4, 0.5) is 23.2 Å². The predicted octanol–water partition coefficient (Wildman–Crippen LogP) is 3.24. The Kier molecular flexibility index (Phi) is 4.96. The van der Waals surface area contributed by atoms with Gasteiger partial charge < -0.3 is 9.80 Å². The van der Waals surface area contributed by atoms with E-state index in [-0.39, 0.29) is 0 Å². The third-order valence-electron chi connectivity index (χ3n) is 5.37. The van der Waals surface area contributed by atoms with Crippen LogP contribution in [-0.2, 0) is 4.79 Å². The Morgan fingerprint density at radius 1 is 1.14 bits per heavy atom. The zero-order valence-electron chi connectivity index (χ0n) is 15.6. The first-order chi connectivity index (χ1) is 13.7. The number of aromatic nitrogens is 3. The highest BCUT2D eigenvalue weighted by Crippen LogP contribution is 2.42. The fourth-order valence-electron chi connectivity index (χ4n) is 3.77. The summed E-state index contributed by atoms with van der Waals surface area (Å²) in [7, 11) is 0. The molecule has 2 fully saturated rings. The van der Waals surface area contributed by atoms with Crippen molar-refractivity contribution >= 4 is 22.9 Å². The lowest BCUT2D eigenvalue weighted by atomic mass is 9.94. The molecule has 2 aromatic rings. The second kappa shape index (κ2) is 7.19. The number of pyridine rings is 1. The first-order valence-electron chi connectivity index (χ1n) is 9.22. The van der Waals surface area contributed by atoms with Crippen LogP contribution < -0.4 is 4.90 Å². The van der Waals surface area contributed by atoms with E-state index in [1.165, 1.54) is 11.3 Å². The van der Waals surface area contributed by atoms with Gasteiger partial charge in [-0.25, -0.2) is 0 Å². The largest absolute Gasteiger partial charge is 0.370 e. The number of alkyl halides is 4. The highest BCUT2D eigenvalue weighted by atomic mass is 32.1. The number of carbonyl (C=O) groups is 1. The molecule has 11 heteroatoms. The molecule has 0 unspecified atom stereocenters. The lowest BCUT2D eigenvalue weighted by molar-refractivity contribution is -0.172. The van der Waals surface area contributed by atoms with Gasteiger partial charge in [0.15, 0.2) is 0 Å². The number of aryl methyl sites for hydroxylation is 1. The topological polar surface area (TPSA) is 62.2 Å². The number of hydrogen-bond acceptors (Lipinski definition) is 6. The fourth-order valence-corrected chi connectivity index (χ4v) is 4.50. The van der Waals surface area contributed by atoms with E-state index in [9.17, 15) is 22.4 Å². The molecule has 4 rings (SSSR count). The Balaban J connectivity index is 1.44.